The zero-order valence-electron chi connectivity index (χ0n) is 16.4. The molecule has 2 heterocycles. The number of morpholine rings is 1. The summed E-state index contributed by atoms with van der Waals surface area (Å²) in [6, 6.07) is 2.00. The molecule has 0 unspecified atom stereocenters. The van der Waals surface area contributed by atoms with Gasteiger partial charge in [-0.05, 0) is 45.1 Å². The number of nitrogens with one attached hydrogen (secondary N) is 1. The molecule has 1 aromatic rings. The first-order valence-electron chi connectivity index (χ1n) is 9.07. The molecule has 0 aliphatic carbocycles. The van der Waals surface area contributed by atoms with Crippen LogP contribution in [0.1, 0.15) is 43.6 Å². The van der Waals surface area contributed by atoms with Crippen molar-refractivity contribution in [3.8, 4) is 11.8 Å². The van der Waals surface area contributed by atoms with Crippen molar-refractivity contribution < 1.29 is 9.53 Å². The molecular weight excluding hydrogens is 346 g/mol. The molecule has 2 rings (SSSR count). The van der Waals surface area contributed by atoms with Crippen LogP contribution in [0.2, 0.25) is 0 Å². The normalized spacial score (nSPS) is 14.6. The monoisotopic (exact) mass is 375 g/mol. The molecule has 5 nitrogen and oxygen atoms in total. The molecule has 0 aromatic carbocycles. The first-order chi connectivity index (χ1) is 12.3. The van der Waals surface area contributed by atoms with E-state index in [4.69, 9.17) is 9.72 Å². The van der Waals surface area contributed by atoms with Gasteiger partial charge in [0.05, 0.1) is 25.3 Å². The molecule has 0 spiro atoms. The molecule has 142 valence electrons. The van der Waals surface area contributed by atoms with Gasteiger partial charge in [-0.15, -0.1) is 11.8 Å². The van der Waals surface area contributed by atoms with Crippen molar-refractivity contribution in [3.05, 3.63) is 17.2 Å². The average molecular weight is 376 g/mol. The number of nitrogens with zero attached hydrogens (tertiary/aromatic N) is 2. The summed E-state index contributed by atoms with van der Waals surface area (Å²) in [5.74, 6) is 7.84. The zero-order chi connectivity index (χ0) is 19.2. The van der Waals surface area contributed by atoms with E-state index >= 15 is 0 Å². The number of carbonyl (C=O) groups is 1. The van der Waals surface area contributed by atoms with Crippen molar-refractivity contribution >= 4 is 23.5 Å². The topological polar surface area (TPSA) is 54.5 Å². The molecule has 1 fully saturated rings. The van der Waals surface area contributed by atoms with Crippen LogP contribution in [0.15, 0.2) is 11.1 Å². The average Bonchev–Trinajstić information content (AvgIpc) is 2.58. The quantitative estimate of drug-likeness (QED) is 0.633. The van der Waals surface area contributed by atoms with E-state index in [1.807, 2.05) is 13.0 Å². The Labute approximate surface area is 161 Å². The summed E-state index contributed by atoms with van der Waals surface area (Å²) in [7, 11) is 0. The summed E-state index contributed by atoms with van der Waals surface area (Å²) < 4.78 is 5.42. The van der Waals surface area contributed by atoms with Crippen LogP contribution in [0.4, 0.5) is 5.82 Å². The Morgan fingerprint density at radius 2 is 2.08 bits per heavy atom. The van der Waals surface area contributed by atoms with Crippen LogP contribution in [0.25, 0.3) is 0 Å². The highest BCUT2D eigenvalue weighted by Gasteiger charge is 2.20. The summed E-state index contributed by atoms with van der Waals surface area (Å²) >= 11 is 1.60. The Balaban J connectivity index is 2.20. The fraction of sp³-hybridized carbons (Fsp3) is 0.600. The van der Waals surface area contributed by atoms with Crippen molar-refractivity contribution in [2.24, 2.45) is 5.41 Å². The van der Waals surface area contributed by atoms with E-state index < -0.39 is 0 Å². The lowest BCUT2D eigenvalue weighted by atomic mass is 9.98. The zero-order valence-corrected chi connectivity index (χ0v) is 17.3. The number of carbonyl (C=O) groups excluding carboxylic acids is 1. The summed E-state index contributed by atoms with van der Waals surface area (Å²) in [4.78, 5) is 19.7. The third kappa shape index (κ3) is 5.93. The smallest absolute Gasteiger partial charge is 0.255 e. The third-order valence-electron chi connectivity index (χ3n) is 3.81. The number of aryl methyl sites for hydroxylation is 1. The number of hydrogen-bond acceptors (Lipinski definition) is 5. The van der Waals surface area contributed by atoms with Crippen molar-refractivity contribution in [3.63, 3.8) is 0 Å². The molecule has 0 atom stereocenters. The first-order valence-corrected chi connectivity index (χ1v) is 10.1. The van der Waals surface area contributed by atoms with Gasteiger partial charge in [-0.25, -0.2) is 4.98 Å². The maximum Gasteiger partial charge on any atom is 0.255 e. The van der Waals surface area contributed by atoms with E-state index in [1.165, 1.54) is 0 Å². The summed E-state index contributed by atoms with van der Waals surface area (Å²) in [6.07, 6.45) is 0. The number of amides is 1. The molecule has 1 aliphatic rings. The second-order valence-corrected chi connectivity index (χ2v) is 8.50. The standard InChI is InChI=1S/C20H29N3O2S/c1-6-26-19-17(18(24)21-9-7-8-20(3,4)5)15(2)14-16(22-19)23-10-12-25-13-11-23/h14H,6,9-13H2,1-5H3,(H,21,24). The minimum atomic E-state index is -0.109. The maximum absolute atomic E-state index is 12.7. The molecule has 0 saturated carbocycles. The second kappa shape index (κ2) is 9.29. The van der Waals surface area contributed by atoms with Gasteiger partial charge in [-0.3, -0.25) is 4.79 Å². The van der Waals surface area contributed by atoms with Crippen molar-refractivity contribution in [2.45, 2.75) is 39.6 Å². The van der Waals surface area contributed by atoms with Gasteiger partial charge in [0.1, 0.15) is 10.8 Å². The highest BCUT2D eigenvalue weighted by Crippen LogP contribution is 2.27. The minimum Gasteiger partial charge on any atom is -0.378 e. The van der Waals surface area contributed by atoms with E-state index in [2.05, 4.69) is 49.8 Å². The summed E-state index contributed by atoms with van der Waals surface area (Å²) in [5.41, 5.74) is 1.54. The Morgan fingerprint density at radius 1 is 1.38 bits per heavy atom. The lowest BCUT2D eigenvalue weighted by Gasteiger charge is -2.28. The number of ether oxygens (including phenoxy) is 1. The Hall–Kier alpha value is -1.71. The number of thioether (sulfide) groups is 1. The van der Waals surface area contributed by atoms with Crippen LogP contribution in [-0.4, -0.2) is 49.5 Å². The largest absolute Gasteiger partial charge is 0.378 e. The molecule has 0 radical (unpaired) electrons. The molecule has 1 aliphatic heterocycles. The second-order valence-electron chi connectivity index (χ2n) is 7.24. The third-order valence-corrected chi connectivity index (χ3v) is 4.67. The minimum absolute atomic E-state index is 0.0643. The SMILES string of the molecule is CCSc1nc(N2CCOCC2)cc(C)c1C(=O)NCC#CC(C)(C)C. The predicted molar refractivity (Wildman–Crippen MR) is 108 cm³/mol. The van der Waals surface area contributed by atoms with E-state index in [0.717, 1.165) is 35.2 Å². The summed E-state index contributed by atoms with van der Waals surface area (Å²) in [5, 5.41) is 3.70. The van der Waals surface area contributed by atoms with Gasteiger partial charge in [-0.1, -0.05) is 18.8 Å². The number of anilines is 1. The van der Waals surface area contributed by atoms with Crippen LogP contribution < -0.4 is 10.2 Å². The van der Waals surface area contributed by atoms with Gasteiger partial charge in [0, 0.05) is 18.5 Å². The fourth-order valence-corrected chi connectivity index (χ4v) is 3.45. The Bertz CT molecular complexity index is 695. The number of pyridine rings is 1. The highest BCUT2D eigenvalue weighted by atomic mass is 32.2. The molecule has 6 heteroatoms. The number of hydrogen-bond donors (Lipinski definition) is 1. The molecule has 1 amide bonds. The van der Waals surface area contributed by atoms with Gasteiger partial charge < -0.3 is 15.0 Å². The summed E-state index contributed by atoms with van der Waals surface area (Å²) in [6.45, 7) is 13.6. The van der Waals surface area contributed by atoms with Crippen LogP contribution >= 0.6 is 11.8 Å². The van der Waals surface area contributed by atoms with Gasteiger partial charge in [0.2, 0.25) is 0 Å². The molecule has 1 aromatic heterocycles. The van der Waals surface area contributed by atoms with Gasteiger partial charge in [0.25, 0.3) is 5.91 Å². The van der Waals surface area contributed by atoms with Crippen LogP contribution in [-0.2, 0) is 4.74 Å². The molecule has 26 heavy (non-hydrogen) atoms. The van der Waals surface area contributed by atoms with Crippen LogP contribution in [0, 0.1) is 24.2 Å². The Kier molecular flexibility index (Phi) is 7.36. The van der Waals surface area contributed by atoms with Crippen molar-refractivity contribution in [1.82, 2.24) is 10.3 Å². The van der Waals surface area contributed by atoms with Crippen LogP contribution in [0.3, 0.4) is 0 Å². The predicted octanol–water partition coefficient (Wildman–Crippen LogP) is 3.12. The maximum atomic E-state index is 12.7. The van der Waals surface area contributed by atoms with E-state index in [0.29, 0.717) is 25.3 Å². The van der Waals surface area contributed by atoms with Gasteiger partial charge in [-0.2, -0.15) is 0 Å². The highest BCUT2D eigenvalue weighted by molar-refractivity contribution is 7.99. The lowest BCUT2D eigenvalue weighted by Crippen LogP contribution is -2.37. The molecule has 1 saturated heterocycles. The van der Waals surface area contributed by atoms with Crippen molar-refractivity contribution in [2.75, 3.05) is 43.5 Å². The van der Waals surface area contributed by atoms with E-state index in [-0.39, 0.29) is 11.3 Å². The van der Waals surface area contributed by atoms with Gasteiger partial charge >= 0.3 is 0 Å². The van der Waals surface area contributed by atoms with E-state index in [9.17, 15) is 4.79 Å². The Morgan fingerprint density at radius 3 is 2.69 bits per heavy atom. The first kappa shape index (κ1) is 20.6. The van der Waals surface area contributed by atoms with Gasteiger partial charge in [0.15, 0.2) is 0 Å². The molecule has 1 N–H and O–H groups in total. The van der Waals surface area contributed by atoms with Crippen molar-refractivity contribution in [1.29, 1.82) is 0 Å². The van der Waals surface area contributed by atoms with Crippen LogP contribution in [0.5, 0.6) is 0 Å². The lowest BCUT2D eigenvalue weighted by molar-refractivity contribution is 0.0954. The fourth-order valence-electron chi connectivity index (χ4n) is 2.62. The van der Waals surface area contributed by atoms with E-state index in [1.54, 1.807) is 11.8 Å². The molecular formula is C20H29N3O2S. The molecule has 0 bridgehead atoms. The number of rotatable bonds is 5. The number of aromatic nitrogens is 1.